The zero-order valence-electron chi connectivity index (χ0n) is 15.3. The Balaban J connectivity index is 1.79. The highest BCUT2D eigenvalue weighted by Gasteiger charge is 2.11. The number of nitrogens with zero attached hydrogens (tertiary/aromatic N) is 2. The molecule has 0 unspecified atom stereocenters. The highest BCUT2D eigenvalue weighted by molar-refractivity contribution is 7.71. The van der Waals surface area contributed by atoms with Gasteiger partial charge in [-0.2, -0.15) is 0 Å². The Labute approximate surface area is 163 Å². The summed E-state index contributed by atoms with van der Waals surface area (Å²) in [4.78, 5) is 15.9. The number of hydrogen-bond acceptors (Lipinski definition) is 3. The molecular weight excluding hydrogens is 358 g/mol. The molecule has 5 nitrogen and oxygen atoms in total. The first-order valence-corrected chi connectivity index (χ1v) is 9.56. The highest BCUT2D eigenvalue weighted by atomic mass is 32.1. The number of carboxylic acid groups (broad SMARTS) is 1. The number of H-pyrrole nitrogens is 1. The smallest absolute Gasteiger partial charge is 0.336 e. The van der Waals surface area contributed by atoms with Crippen LogP contribution < -0.4 is 0 Å². The average molecular weight is 382 g/mol. The topological polar surface area (TPSA) is 70.9 Å². The lowest BCUT2D eigenvalue weighted by Gasteiger charge is -2.09. The number of aromatic carboxylic acids is 1. The van der Waals surface area contributed by atoms with E-state index in [1.54, 1.807) is 12.1 Å². The molecule has 140 valence electrons. The summed E-state index contributed by atoms with van der Waals surface area (Å²) in [5.41, 5.74) is 3.02. The molecule has 0 spiro atoms. The largest absolute Gasteiger partial charge is 0.478 e. The van der Waals surface area contributed by atoms with Crippen LogP contribution in [0.25, 0.3) is 11.1 Å². The Morgan fingerprint density at radius 2 is 1.89 bits per heavy atom. The molecule has 0 atom stereocenters. The monoisotopic (exact) mass is 381 g/mol. The standard InChI is InChI=1S/C21H23N3O2S/c1-2-3-6-13-24-19(22-21(27)23-24)14-15-9-11-16(12-10-15)17-7-4-5-8-18(17)20(25)26/h4-5,7-12H,2-3,6,13-14H2,1H3,(H,23,27)(H,25,26). The van der Waals surface area contributed by atoms with Gasteiger partial charge in [-0.15, -0.1) is 0 Å². The average Bonchev–Trinajstić information content (AvgIpc) is 3.01. The first-order valence-electron chi connectivity index (χ1n) is 9.16. The molecule has 0 saturated heterocycles. The summed E-state index contributed by atoms with van der Waals surface area (Å²) in [5.74, 6) is 0.00656. The van der Waals surface area contributed by atoms with Crippen molar-refractivity contribution in [3.05, 3.63) is 70.3 Å². The number of rotatable bonds is 8. The summed E-state index contributed by atoms with van der Waals surface area (Å²) >= 11 is 5.20. The maximum Gasteiger partial charge on any atom is 0.336 e. The summed E-state index contributed by atoms with van der Waals surface area (Å²) in [6, 6.07) is 15.0. The molecule has 1 aromatic heterocycles. The van der Waals surface area contributed by atoms with Crippen molar-refractivity contribution in [2.24, 2.45) is 0 Å². The molecule has 27 heavy (non-hydrogen) atoms. The van der Waals surface area contributed by atoms with E-state index in [0.29, 0.717) is 16.8 Å². The zero-order valence-corrected chi connectivity index (χ0v) is 16.1. The van der Waals surface area contributed by atoms with Gasteiger partial charge in [-0.25, -0.2) is 9.78 Å². The van der Waals surface area contributed by atoms with Gasteiger partial charge in [0.1, 0.15) is 5.82 Å². The molecule has 2 aromatic carbocycles. The second-order valence-electron chi connectivity index (χ2n) is 6.53. The van der Waals surface area contributed by atoms with Crippen LogP contribution in [0.3, 0.4) is 0 Å². The predicted octanol–water partition coefficient (Wildman–Crippen LogP) is 5.09. The van der Waals surface area contributed by atoms with Gasteiger partial charge in [0.2, 0.25) is 4.77 Å². The van der Waals surface area contributed by atoms with E-state index in [9.17, 15) is 9.90 Å². The fourth-order valence-electron chi connectivity index (χ4n) is 3.13. The Hall–Kier alpha value is -2.73. The zero-order chi connectivity index (χ0) is 19.2. The van der Waals surface area contributed by atoms with E-state index in [2.05, 4.69) is 17.0 Å². The predicted molar refractivity (Wildman–Crippen MR) is 109 cm³/mol. The summed E-state index contributed by atoms with van der Waals surface area (Å²) in [7, 11) is 0. The quantitative estimate of drug-likeness (QED) is 0.421. The SMILES string of the molecule is CCCCCn1[nH]c(=S)nc1Cc1ccc(-c2ccccc2C(=O)O)cc1. The summed E-state index contributed by atoms with van der Waals surface area (Å²) in [6.07, 6.45) is 4.12. The third kappa shape index (κ3) is 4.71. The van der Waals surface area contributed by atoms with Crippen LogP contribution >= 0.6 is 12.2 Å². The fourth-order valence-corrected chi connectivity index (χ4v) is 3.34. The molecule has 0 fully saturated rings. The minimum absolute atomic E-state index is 0.307. The van der Waals surface area contributed by atoms with Gasteiger partial charge in [0.05, 0.1) is 5.56 Å². The van der Waals surface area contributed by atoms with Gasteiger partial charge >= 0.3 is 5.97 Å². The first-order chi connectivity index (χ1) is 13.1. The molecule has 3 aromatic rings. The van der Waals surface area contributed by atoms with E-state index in [0.717, 1.165) is 35.5 Å². The van der Waals surface area contributed by atoms with Crippen LogP contribution in [-0.4, -0.2) is 25.8 Å². The van der Waals surface area contributed by atoms with Gasteiger partial charge in [-0.1, -0.05) is 62.2 Å². The van der Waals surface area contributed by atoms with Crippen molar-refractivity contribution in [1.82, 2.24) is 14.8 Å². The number of unbranched alkanes of at least 4 members (excludes halogenated alkanes) is 2. The molecule has 2 N–H and O–H groups in total. The second-order valence-corrected chi connectivity index (χ2v) is 6.91. The van der Waals surface area contributed by atoms with Crippen molar-refractivity contribution in [1.29, 1.82) is 0 Å². The first kappa shape index (κ1) is 19.0. The second kappa shape index (κ2) is 8.77. The maximum atomic E-state index is 11.4. The van der Waals surface area contributed by atoms with Crippen LogP contribution in [0.15, 0.2) is 48.5 Å². The van der Waals surface area contributed by atoms with Gasteiger partial charge < -0.3 is 5.11 Å². The lowest BCUT2D eigenvalue weighted by Crippen LogP contribution is -2.06. The third-order valence-electron chi connectivity index (χ3n) is 4.54. The molecule has 1 heterocycles. The normalized spacial score (nSPS) is 10.9. The maximum absolute atomic E-state index is 11.4. The van der Waals surface area contributed by atoms with Crippen LogP contribution in [0, 0.1) is 4.77 Å². The molecule has 6 heteroatoms. The van der Waals surface area contributed by atoms with E-state index in [4.69, 9.17) is 12.2 Å². The van der Waals surface area contributed by atoms with Crippen LogP contribution in [-0.2, 0) is 13.0 Å². The van der Waals surface area contributed by atoms with Crippen LogP contribution in [0.4, 0.5) is 0 Å². The van der Waals surface area contributed by atoms with Crippen LogP contribution in [0.2, 0.25) is 0 Å². The number of hydrogen-bond donors (Lipinski definition) is 2. The molecular formula is C21H23N3O2S. The number of benzene rings is 2. The van der Waals surface area contributed by atoms with Crippen molar-refractivity contribution >= 4 is 18.2 Å². The number of aromatic nitrogens is 3. The van der Waals surface area contributed by atoms with Gasteiger partial charge in [-0.3, -0.25) is 9.78 Å². The number of carboxylic acids is 1. The van der Waals surface area contributed by atoms with E-state index in [-0.39, 0.29) is 0 Å². The summed E-state index contributed by atoms with van der Waals surface area (Å²) in [5, 5.41) is 12.5. The Kier molecular flexibility index (Phi) is 6.19. The molecule has 0 aliphatic rings. The van der Waals surface area contributed by atoms with Gasteiger partial charge in [0.25, 0.3) is 0 Å². The van der Waals surface area contributed by atoms with Gasteiger partial charge in [-0.05, 0) is 41.4 Å². The number of nitrogens with one attached hydrogen (secondary N) is 1. The van der Waals surface area contributed by atoms with Crippen LogP contribution in [0.1, 0.15) is 47.9 Å². The van der Waals surface area contributed by atoms with Crippen molar-refractivity contribution in [2.75, 3.05) is 0 Å². The Morgan fingerprint density at radius 1 is 1.15 bits per heavy atom. The van der Waals surface area contributed by atoms with E-state index in [1.807, 2.05) is 41.1 Å². The van der Waals surface area contributed by atoms with Crippen molar-refractivity contribution < 1.29 is 9.90 Å². The van der Waals surface area contributed by atoms with E-state index >= 15 is 0 Å². The molecule has 0 bridgehead atoms. The summed E-state index contributed by atoms with van der Waals surface area (Å²) < 4.78 is 2.54. The Bertz CT molecular complexity index is 974. The fraction of sp³-hybridized carbons (Fsp3) is 0.286. The molecule has 0 saturated carbocycles. The van der Waals surface area contributed by atoms with Crippen molar-refractivity contribution in [3.63, 3.8) is 0 Å². The lowest BCUT2D eigenvalue weighted by atomic mass is 9.98. The molecule has 0 radical (unpaired) electrons. The minimum Gasteiger partial charge on any atom is -0.478 e. The number of aromatic amines is 1. The number of carbonyl (C=O) groups is 1. The molecule has 0 aliphatic heterocycles. The lowest BCUT2D eigenvalue weighted by molar-refractivity contribution is 0.0697. The minimum atomic E-state index is -0.919. The van der Waals surface area contributed by atoms with Gasteiger partial charge in [0, 0.05) is 13.0 Å². The molecule has 0 aliphatic carbocycles. The number of aryl methyl sites for hydroxylation is 1. The summed E-state index contributed by atoms with van der Waals surface area (Å²) in [6.45, 7) is 3.07. The highest BCUT2D eigenvalue weighted by Crippen LogP contribution is 2.24. The molecule has 3 rings (SSSR count). The van der Waals surface area contributed by atoms with Gasteiger partial charge in [0.15, 0.2) is 0 Å². The van der Waals surface area contributed by atoms with E-state index < -0.39 is 5.97 Å². The van der Waals surface area contributed by atoms with Crippen molar-refractivity contribution in [3.8, 4) is 11.1 Å². The molecule has 0 amide bonds. The van der Waals surface area contributed by atoms with E-state index in [1.165, 1.54) is 12.8 Å². The van der Waals surface area contributed by atoms with Crippen LogP contribution in [0.5, 0.6) is 0 Å². The Morgan fingerprint density at radius 3 is 2.59 bits per heavy atom. The van der Waals surface area contributed by atoms with Crippen molar-refractivity contribution in [2.45, 2.75) is 39.2 Å². The third-order valence-corrected chi connectivity index (χ3v) is 4.73.